The van der Waals surface area contributed by atoms with Crippen molar-refractivity contribution in [3.63, 3.8) is 0 Å². The summed E-state index contributed by atoms with van der Waals surface area (Å²) in [6.07, 6.45) is 2.13. The lowest BCUT2D eigenvalue weighted by Crippen LogP contribution is -2.57. The number of carbonyl (C=O) groups is 4. The van der Waals surface area contributed by atoms with Gasteiger partial charge in [0, 0.05) is 19.5 Å². The summed E-state index contributed by atoms with van der Waals surface area (Å²) in [4.78, 5) is 56.6. The predicted molar refractivity (Wildman–Crippen MR) is 144 cm³/mol. The number of carbonyl (C=O) groups excluding carboxylic acids is 3. The quantitative estimate of drug-likeness (QED) is 0.106. The molecule has 12 heteroatoms. The number of hydrogen-bond acceptors (Lipinski definition) is 6. The van der Waals surface area contributed by atoms with Crippen LogP contribution in [0.5, 0.6) is 0 Å². The zero-order valence-electron chi connectivity index (χ0n) is 22.1. The van der Waals surface area contributed by atoms with Crippen molar-refractivity contribution in [2.45, 2.75) is 76.5 Å². The van der Waals surface area contributed by atoms with Crippen molar-refractivity contribution in [1.29, 1.82) is 0 Å². The fraction of sp³-hybridized carbons (Fsp3) is 0.577. The highest BCUT2D eigenvalue weighted by molar-refractivity contribution is 5.94. The van der Waals surface area contributed by atoms with E-state index in [1.54, 1.807) is 0 Å². The molecule has 4 atom stereocenters. The van der Waals surface area contributed by atoms with E-state index in [1.807, 2.05) is 44.2 Å². The Bertz CT molecular complexity index is 981. The molecule has 1 aromatic rings. The number of amides is 3. The van der Waals surface area contributed by atoms with Gasteiger partial charge in [0.05, 0.1) is 6.04 Å². The molecule has 2 rings (SSSR count). The molecule has 0 radical (unpaired) electrons. The molecule has 0 aromatic heterocycles. The molecule has 0 bridgehead atoms. The second-order valence-electron chi connectivity index (χ2n) is 10.0. The highest BCUT2D eigenvalue weighted by atomic mass is 16.4. The fourth-order valence-corrected chi connectivity index (χ4v) is 4.48. The predicted octanol–water partition coefficient (Wildman–Crippen LogP) is -0.299. The van der Waals surface area contributed by atoms with Gasteiger partial charge in [-0.15, -0.1) is 0 Å². The lowest BCUT2D eigenvalue weighted by molar-refractivity contribution is -0.145. The van der Waals surface area contributed by atoms with Gasteiger partial charge in [-0.05, 0) is 43.6 Å². The van der Waals surface area contributed by atoms with Crippen LogP contribution in [0, 0.1) is 5.92 Å². The number of nitrogens with zero attached hydrogens (tertiary/aromatic N) is 2. The Morgan fingerprint density at radius 1 is 1.11 bits per heavy atom. The number of carboxylic acids is 1. The van der Waals surface area contributed by atoms with Crippen molar-refractivity contribution < 1.29 is 24.3 Å². The summed E-state index contributed by atoms with van der Waals surface area (Å²) >= 11 is 0. The standard InChI is InChI=1S/C26H41N7O5/c1-16(2)14-18(27)22(34)32-20(15-17-8-4-3-5-9-17)24(36)33-13-7-11-21(33)23(35)31-19(25(37)38)10-6-12-30-26(28)29/h3-5,8-9,16,18-21H,6-7,10-15,27H2,1-2H3,(H,31,35)(H,32,34)(H,37,38)(H4,28,29,30). The number of rotatable bonds is 14. The zero-order valence-corrected chi connectivity index (χ0v) is 22.1. The van der Waals surface area contributed by atoms with Crippen LogP contribution < -0.4 is 27.8 Å². The van der Waals surface area contributed by atoms with Crippen molar-refractivity contribution in [1.82, 2.24) is 15.5 Å². The van der Waals surface area contributed by atoms with Crippen molar-refractivity contribution >= 4 is 29.7 Å². The van der Waals surface area contributed by atoms with E-state index in [0.717, 1.165) is 5.56 Å². The van der Waals surface area contributed by atoms with Crippen LogP contribution in [0.4, 0.5) is 0 Å². The molecule has 1 fully saturated rings. The Morgan fingerprint density at radius 3 is 2.39 bits per heavy atom. The van der Waals surface area contributed by atoms with Gasteiger partial charge in [0.15, 0.2) is 5.96 Å². The van der Waals surface area contributed by atoms with E-state index in [4.69, 9.17) is 17.2 Å². The maximum absolute atomic E-state index is 13.7. The minimum Gasteiger partial charge on any atom is -0.480 e. The van der Waals surface area contributed by atoms with E-state index >= 15 is 0 Å². The third kappa shape index (κ3) is 9.66. The number of carboxylic acid groups (broad SMARTS) is 1. The first kappa shape index (κ1) is 30.6. The van der Waals surface area contributed by atoms with Crippen LogP contribution in [0.1, 0.15) is 51.5 Å². The van der Waals surface area contributed by atoms with Crippen LogP contribution in [0.2, 0.25) is 0 Å². The number of likely N-dealkylation sites (tertiary alicyclic amines) is 1. The van der Waals surface area contributed by atoms with Gasteiger partial charge < -0.3 is 37.8 Å². The molecule has 1 aliphatic rings. The summed E-state index contributed by atoms with van der Waals surface area (Å²) in [6, 6.07) is 5.56. The van der Waals surface area contributed by atoms with E-state index in [1.165, 1.54) is 4.90 Å². The van der Waals surface area contributed by atoms with Crippen LogP contribution >= 0.6 is 0 Å². The van der Waals surface area contributed by atoms with Crippen LogP contribution in [0.25, 0.3) is 0 Å². The SMILES string of the molecule is CC(C)CC(N)C(=O)NC(Cc1ccccc1)C(=O)N1CCCC1C(=O)NC(CCCN=C(N)N)C(=O)O. The molecule has 9 N–H and O–H groups in total. The van der Waals surface area contributed by atoms with E-state index in [-0.39, 0.29) is 31.3 Å². The topological polar surface area (TPSA) is 206 Å². The maximum Gasteiger partial charge on any atom is 0.326 e. The number of benzene rings is 1. The van der Waals surface area contributed by atoms with Crippen LogP contribution in [0.3, 0.4) is 0 Å². The minimum atomic E-state index is -1.19. The summed E-state index contributed by atoms with van der Waals surface area (Å²) in [6.45, 7) is 4.46. The normalized spacial score (nSPS) is 17.4. The molecule has 0 saturated carbocycles. The molecule has 1 aromatic carbocycles. The molecule has 210 valence electrons. The Hall–Kier alpha value is -3.67. The van der Waals surface area contributed by atoms with Crippen molar-refractivity contribution in [2.75, 3.05) is 13.1 Å². The Morgan fingerprint density at radius 2 is 1.79 bits per heavy atom. The highest BCUT2D eigenvalue weighted by Crippen LogP contribution is 2.20. The third-order valence-corrected chi connectivity index (χ3v) is 6.36. The summed E-state index contributed by atoms with van der Waals surface area (Å²) in [5, 5.41) is 14.9. The lowest BCUT2D eigenvalue weighted by atomic mass is 10.0. The molecule has 1 heterocycles. The van der Waals surface area contributed by atoms with E-state index in [2.05, 4.69) is 15.6 Å². The molecule has 1 saturated heterocycles. The molecular weight excluding hydrogens is 490 g/mol. The number of aliphatic imine (C=N–C) groups is 1. The summed E-state index contributed by atoms with van der Waals surface area (Å²) in [5.74, 6) is -2.47. The van der Waals surface area contributed by atoms with Gasteiger partial charge >= 0.3 is 5.97 Å². The molecule has 38 heavy (non-hydrogen) atoms. The Labute approximate surface area is 223 Å². The smallest absolute Gasteiger partial charge is 0.326 e. The monoisotopic (exact) mass is 531 g/mol. The van der Waals surface area contributed by atoms with Crippen LogP contribution in [0.15, 0.2) is 35.3 Å². The molecule has 0 spiro atoms. The largest absolute Gasteiger partial charge is 0.480 e. The summed E-state index contributed by atoms with van der Waals surface area (Å²) in [7, 11) is 0. The van der Waals surface area contributed by atoms with Gasteiger partial charge in [-0.25, -0.2) is 4.79 Å². The third-order valence-electron chi connectivity index (χ3n) is 6.36. The molecule has 4 unspecified atom stereocenters. The number of aliphatic carboxylic acids is 1. The Kier molecular flexibility index (Phi) is 12.0. The molecule has 3 amide bonds. The summed E-state index contributed by atoms with van der Waals surface area (Å²) < 4.78 is 0. The first-order valence-corrected chi connectivity index (χ1v) is 13.0. The van der Waals surface area contributed by atoms with E-state index in [9.17, 15) is 24.3 Å². The number of nitrogens with one attached hydrogen (secondary N) is 2. The highest BCUT2D eigenvalue weighted by Gasteiger charge is 2.39. The summed E-state index contributed by atoms with van der Waals surface area (Å²) in [5.41, 5.74) is 17.5. The zero-order chi connectivity index (χ0) is 28.2. The fourth-order valence-electron chi connectivity index (χ4n) is 4.48. The van der Waals surface area contributed by atoms with Gasteiger partial charge in [-0.2, -0.15) is 0 Å². The van der Waals surface area contributed by atoms with Crippen molar-refractivity contribution in [3.8, 4) is 0 Å². The van der Waals surface area contributed by atoms with Gasteiger partial charge in [-0.1, -0.05) is 44.2 Å². The lowest BCUT2D eigenvalue weighted by Gasteiger charge is -2.30. The molecular formula is C26H41N7O5. The minimum absolute atomic E-state index is 0.0941. The maximum atomic E-state index is 13.7. The van der Waals surface area contributed by atoms with Crippen LogP contribution in [-0.4, -0.2) is 76.9 Å². The average molecular weight is 532 g/mol. The van der Waals surface area contributed by atoms with Gasteiger partial charge in [-0.3, -0.25) is 19.4 Å². The average Bonchev–Trinajstić information content (AvgIpc) is 3.35. The number of nitrogens with two attached hydrogens (primary N) is 3. The second-order valence-corrected chi connectivity index (χ2v) is 10.0. The second kappa shape index (κ2) is 14.9. The van der Waals surface area contributed by atoms with Gasteiger partial charge in [0.2, 0.25) is 17.7 Å². The van der Waals surface area contributed by atoms with Crippen LogP contribution in [-0.2, 0) is 25.6 Å². The molecule has 1 aliphatic heterocycles. The number of guanidine groups is 1. The van der Waals surface area contributed by atoms with E-state index in [0.29, 0.717) is 32.2 Å². The van der Waals surface area contributed by atoms with E-state index < -0.39 is 47.9 Å². The van der Waals surface area contributed by atoms with Crippen molar-refractivity contribution in [3.05, 3.63) is 35.9 Å². The Balaban J connectivity index is 2.15. The van der Waals surface area contributed by atoms with Crippen molar-refractivity contribution in [2.24, 2.45) is 28.1 Å². The first-order valence-electron chi connectivity index (χ1n) is 13.0. The first-order chi connectivity index (χ1) is 18.0. The molecule has 0 aliphatic carbocycles. The van der Waals surface area contributed by atoms with Gasteiger partial charge in [0.25, 0.3) is 0 Å². The number of hydrogen-bond donors (Lipinski definition) is 6. The molecule has 12 nitrogen and oxygen atoms in total. The van der Waals surface area contributed by atoms with Gasteiger partial charge in [0.1, 0.15) is 18.1 Å².